The van der Waals surface area contributed by atoms with Crippen LogP contribution in [0.25, 0.3) is 0 Å². The number of carbonyl (C=O) groups is 1. The van der Waals surface area contributed by atoms with Crippen LogP contribution in [0.3, 0.4) is 0 Å². The minimum Gasteiger partial charge on any atom is -0.495 e. The van der Waals surface area contributed by atoms with Crippen molar-refractivity contribution in [1.29, 1.82) is 0 Å². The van der Waals surface area contributed by atoms with Gasteiger partial charge < -0.3 is 15.8 Å². The number of nitrogens with one attached hydrogen (secondary N) is 1. The summed E-state index contributed by atoms with van der Waals surface area (Å²) in [7, 11) is 0.486. The quantitative estimate of drug-likeness (QED) is 0.787. The molecule has 0 heterocycles. The van der Waals surface area contributed by atoms with E-state index in [-0.39, 0.29) is 22.8 Å². The van der Waals surface area contributed by atoms with Crippen molar-refractivity contribution >= 4 is 15.9 Å². The summed E-state index contributed by atoms with van der Waals surface area (Å²) in [6.07, 6.45) is 0. The highest BCUT2D eigenvalue weighted by atomic mass is 32.2. The summed E-state index contributed by atoms with van der Waals surface area (Å²) in [5.41, 5.74) is 5.22. The molecule has 22 heavy (non-hydrogen) atoms. The van der Waals surface area contributed by atoms with E-state index < -0.39 is 21.5 Å². The summed E-state index contributed by atoms with van der Waals surface area (Å²) in [5.74, 6) is -0.211. The fourth-order valence-corrected chi connectivity index (χ4v) is 2.72. The van der Waals surface area contributed by atoms with Crippen LogP contribution in [0.5, 0.6) is 5.75 Å². The molecule has 0 saturated heterocycles. The first kappa shape index (κ1) is 18.4. The number of methoxy groups -OCH3 is 1. The number of benzene rings is 1. The van der Waals surface area contributed by atoms with E-state index in [2.05, 4.69) is 5.32 Å². The number of amides is 1. The Labute approximate surface area is 131 Å². The Morgan fingerprint density at radius 1 is 1.36 bits per heavy atom. The number of sulfonamides is 1. The Morgan fingerprint density at radius 3 is 2.41 bits per heavy atom. The lowest BCUT2D eigenvalue weighted by Gasteiger charge is -2.24. The Kier molecular flexibility index (Phi) is 5.55. The van der Waals surface area contributed by atoms with Crippen LogP contribution in [0, 0.1) is 0 Å². The average Bonchev–Trinajstić information content (AvgIpc) is 2.45. The zero-order chi connectivity index (χ0) is 17.1. The van der Waals surface area contributed by atoms with E-state index in [9.17, 15) is 13.2 Å². The first-order valence-electron chi connectivity index (χ1n) is 6.68. The maximum atomic E-state index is 12.3. The van der Waals surface area contributed by atoms with Gasteiger partial charge in [0.2, 0.25) is 10.0 Å². The van der Waals surface area contributed by atoms with Crippen LogP contribution in [0.15, 0.2) is 23.1 Å². The van der Waals surface area contributed by atoms with Gasteiger partial charge in [-0.1, -0.05) is 0 Å². The van der Waals surface area contributed by atoms with E-state index in [0.29, 0.717) is 0 Å². The van der Waals surface area contributed by atoms with Gasteiger partial charge in [0.1, 0.15) is 10.6 Å². The molecule has 0 spiro atoms. The summed E-state index contributed by atoms with van der Waals surface area (Å²) in [6.45, 7) is 3.83. The Bertz CT molecular complexity index is 654. The summed E-state index contributed by atoms with van der Waals surface area (Å²) in [4.78, 5) is 12.2. The van der Waals surface area contributed by atoms with Crippen molar-refractivity contribution in [2.45, 2.75) is 24.3 Å². The number of nitrogens with zero attached hydrogens (tertiary/aromatic N) is 1. The number of nitrogens with two attached hydrogens (primary N) is 1. The van der Waals surface area contributed by atoms with E-state index >= 15 is 0 Å². The molecule has 0 aliphatic heterocycles. The molecule has 1 aromatic carbocycles. The van der Waals surface area contributed by atoms with Gasteiger partial charge in [0.05, 0.1) is 7.11 Å². The Balaban J connectivity index is 3.30. The SMILES string of the molecule is COc1ccc(C(=O)NC(C)(C)CN)cc1S(=O)(=O)N(C)C. The lowest BCUT2D eigenvalue weighted by Crippen LogP contribution is -2.48. The molecular formula is C14H23N3O4S. The molecule has 0 aromatic heterocycles. The van der Waals surface area contributed by atoms with Crippen molar-refractivity contribution in [3.8, 4) is 5.75 Å². The van der Waals surface area contributed by atoms with E-state index in [1.807, 2.05) is 0 Å². The zero-order valence-corrected chi connectivity index (χ0v) is 14.3. The van der Waals surface area contributed by atoms with Gasteiger partial charge in [-0.2, -0.15) is 0 Å². The van der Waals surface area contributed by atoms with Gasteiger partial charge in [-0.25, -0.2) is 12.7 Å². The van der Waals surface area contributed by atoms with E-state index in [1.165, 1.54) is 39.4 Å². The molecule has 0 saturated carbocycles. The topological polar surface area (TPSA) is 102 Å². The fourth-order valence-electron chi connectivity index (χ4n) is 1.65. The normalized spacial score (nSPS) is 12.3. The van der Waals surface area contributed by atoms with Gasteiger partial charge in [0.15, 0.2) is 0 Å². The molecule has 1 aromatic rings. The third-order valence-corrected chi connectivity index (χ3v) is 4.98. The highest BCUT2D eigenvalue weighted by molar-refractivity contribution is 7.89. The van der Waals surface area contributed by atoms with Crippen molar-refractivity contribution in [1.82, 2.24) is 9.62 Å². The third-order valence-electron chi connectivity index (χ3n) is 3.15. The van der Waals surface area contributed by atoms with Gasteiger partial charge in [-0.15, -0.1) is 0 Å². The van der Waals surface area contributed by atoms with Crippen LogP contribution >= 0.6 is 0 Å². The second kappa shape index (κ2) is 6.64. The van der Waals surface area contributed by atoms with Crippen LogP contribution in [-0.4, -0.2) is 51.9 Å². The molecule has 1 amide bonds. The summed E-state index contributed by atoms with van der Waals surface area (Å²) >= 11 is 0. The molecule has 0 bridgehead atoms. The van der Waals surface area contributed by atoms with Crippen LogP contribution in [-0.2, 0) is 10.0 Å². The smallest absolute Gasteiger partial charge is 0.251 e. The first-order valence-corrected chi connectivity index (χ1v) is 8.12. The molecule has 0 aliphatic carbocycles. The Hall–Kier alpha value is -1.64. The van der Waals surface area contributed by atoms with Gasteiger partial charge in [0, 0.05) is 31.7 Å². The lowest BCUT2D eigenvalue weighted by molar-refractivity contribution is 0.0915. The Morgan fingerprint density at radius 2 is 1.95 bits per heavy atom. The van der Waals surface area contributed by atoms with Gasteiger partial charge in [-0.3, -0.25) is 4.79 Å². The largest absolute Gasteiger partial charge is 0.495 e. The number of ether oxygens (including phenoxy) is 1. The van der Waals surface area contributed by atoms with Crippen LogP contribution in [0.4, 0.5) is 0 Å². The van der Waals surface area contributed by atoms with Crippen molar-refractivity contribution in [3.05, 3.63) is 23.8 Å². The van der Waals surface area contributed by atoms with Crippen molar-refractivity contribution in [2.75, 3.05) is 27.7 Å². The molecule has 124 valence electrons. The van der Waals surface area contributed by atoms with Gasteiger partial charge >= 0.3 is 0 Å². The molecule has 1 rings (SSSR count). The molecule has 7 nitrogen and oxygen atoms in total. The van der Waals surface area contributed by atoms with E-state index in [4.69, 9.17) is 10.5 Å². The zero-order valence-electron chi connectivity index (χ0n) is 13.5. The van der Waals surface area contributed by atoms with Crippen molar-refractivity contribution in [3.63, 3.8) is 0 Å². The highest BCUT2D eigenvalue weighted by Crippen LogP contribution is 2.27. The molecule has 3 N–H and O–H groups in total. The first-order chi connectivity index (χ1) is 10.0. The summed E-state index contributed by atoms with van der Waals surface area (Å²) < 4.78 is 30.8. The third kappa shape index (κ3) is 3.96. The number of rotatable bonds is 6. The summed E-state index contributed by atoms with van der Waals surface area (Å²) in [5, 5.41) is 2.75. The summed E-state index contributed by atoms with van der Waals surface area (Å²) in [6, 6.07) is 4.27. The van der Waals surface area contributed by atoms with Crippen molar-refractivity contribution in [2.24, 2.45) is 5.73 Å². The lowest BCUT2D eigenvalue weighted by atomic mass is 10.1. The predicted molar refractivity (Wildman–Crippen MR) is 84.5 cm³/mol. The fraction of sp³-hybridized carbons (Fsp3) is 0.500. The predicted octanol–water partition coefficient (Wildman–Crippen LogP) is 0.413. The maximum absolute atomic E-state index is 12.3. The van der Waals surface area contributed by atoms with Crippen LogP contribution < -0.4 is 15.8 Å². The molecule has 0 aliphatic rings. The second-order valence-electron chi connectivity index (χ2n) is 5.70. The molecule has 0 atom stereocenters. The molecule has 0 unspecified atom stereocenters. The number of hydrogen-bond acceptors (Lipinski definition) is 5. The molecule has 8 heteroatoms. The van der Waals surface area contributed by atoms with Gasteiger partial charge in [-0.05, 0) is 32.0 Å². The minimum absolute atomic E-state index is 0.0572. The molecule has 0 fully saturated rings. The highest BCUT2D eigenvalue weighted by Gasteiger charge is 2.25. The standard InChI is InChI=1S/C14H23N3O4S/c1-14(2,9-15)16-13(18)10-6-7-11(21-5)12(8-10)22(19,20)17(3)4/h6-8H,9,15H2,1-5H3,(H,16,18). The maximum Gasteiger partial charge on any atom is 0.251 e. The minimum atomic E-state index is -3.72. The van der Waals surface area contributed by atoms with E-state index in [0.717, 1.165) is 4.31 Å². The van der Waals surface area contributed by atoms with Crippen molar-refractivity contribution < 1.29 is 17.9 Å². The number of carbonyl (C=O) groups excluding carboxylic acids is 1. The average molecular weight is 329 g/mol. The molecule has 0 radical (unpaired) electrons. The van der Waals surface area contributed by atoms with Gasteiger partial charge in [0.25, 0.3) is 5.91 Å². The monoisotopic (exact) mass is 329 g/mol. The van der Waals surface area contributed by atoms with E-state index in [1.54, 1.807) is 13.8 Å². The van der Waals surface area contributed by atoms with Crippen LogP contribution in [0.2, 0.25) is 0 Å². The molecular weight excluding hydrogens is 306 g/mol. The number of hydrogen-bond donors (Lipinski definition) is 2. The second-order valence-corrected chi connectivity index (χ2v) is 7.82. The van der Waals surface area contributed by atoms with Crippen LogP contribution in [0.1, 0.15) is 24.2 Å².